The van der Waals surface area contributed by atoms with E-state index in [1.54, 1.807) is 12.1 Å². The average Bonchev–Trinajstić information content (AvgIpc) is 2.47. The van der Waals surface area contributed by atoms with Gasteiger partial charge < -0.3 is 10.0 Å². The van der Waals surface area contributed by atoms with Crippen molar-refractivity contribution >= 4 is 17.3 Å². The number of rotatable bonds is 5. The molecule has 0 unspecified atom stereocenters. The third-order valence-corrected chi connectivity index (χ3v) is 3.68. The molecular formula is C14H19N3O4. The van der Waals surface area contributed by atoms with E-state index in [9.17, 15) is 14.9 Å². The number of nitro benzene ring substituents is 1. The molecule has 1 saturated heterocycles. The maximum atomic E-state index is 11.3. The van der Waals surface area contributed by atoms with Crippen molar-refractivity contribution in [3.8, 4) is 0 Å². The molecule has 0 amide bonds. The van der Waals surface area contributed by atoms with Crippen LogP contribution in [0.1, 0.15) is 23.7 Å². The number of para-hydroxylation sites is 1. The second-order valence-electron chi connectivity index (χ2n) is 5.06. The summed E-state index contributed by atoms with van der Waals surface area (Å²) >= 11 is 0. The monoisotopic (exact) mass is 293 g/mol. The highest BCUT2D eigenvalue weighted by atomic mass is 16.6. The molecule has 2 rings (SSSR count). The lowest BCUT2D eigenvalue weighted by Crippen LogP contribution is -2.46. The van der Waals surface area contributed by atoms with Gasteiger partial charge in [0.15, 0.2) is 0 Å². The van der Waals surface area contributed by atoms with Gasteiger partial charge in [-0.1, -0.05) is 13.0 Å². The Bertz CT molecular complexity index is 539. The quantitative estimate of drug-likeness (QED) is 0.658. The third-order valence-electron chi connectivity index (χ3n) is 3.68. The van der Waals surface area contributed by atoms with Crippen LogP contribution < -0.4 is 4.90 Å². The van der Waals surface area contributed by atoms with Crippen molar-refractivity contribution in [3.63, 3.8) is 0 Å². The van der Waals surface area contributed by atoms with Gasteiger partial charge in [-0.05, 0) is 25.1 Å². The number of piperazine rings is 1. The molecule has 7 heteroatoms. The number of carbonyl (C=O) groups is 1. The van der Waals surface area contributed by atoms with Crippen molar-refractivity contribution in [3.05, 3.63) is 33.9 Å². The molecule has 0 saturated carbocycles. The molecule has 0 radical (unpaired) electrons. The summed E-state index contributed by atoms with van der Waals surface area (Å²) < 4.78 is 0. The number of anilines is 1. The predicted octanol–water partition coefficient (Wildman–Crippen LogP) is 1.83. The molecule has 1 heterocycles. The fraction of sp³-hybridized carbons (Fsp3) is 0.500. The minimum Gasteiger partial charge on any atom is -0.477 e. The average molecular weight is 293 g/mol. The van der Waals surface area contributed by atoms with Gasteiger partial charge in [-0.3, -0.25) is 15.0 Å². The smallest absolute Gasteiger partial charge is 0.342 e. The summed E-state index contributed by atoms with van der Waals surface area (Å²) in [6.45, 7) is 6.15. The van der Waals surface area contributed by atoms with E-state index in [2.05, 4.69) is 11.8 Å². The number of carboxylic acids is 1. The first-order valence-corrected chi connectivity index (χ1v) is 7.02. The lowest BCUT2D eigenvalue weighted by atomic mass is 10.1. The summed E-state index contributed by atoms with van der Waals surface area (Å²) in [5.74, 6) is -1.27. The molecule has 1 fully saturated rings. The van der Waals surface area contributed by atoms with Crippen LogP contribution in [0.4, 0.5) is 11.4 Å². The Morgan fingerprint density at radius 1 is 1.33 bits per heavy atom. The first-order chi connectivity index (χ1) is 10.0. The summed E-state index contributed by atoms with van der Waals surface area (Å²) in [4.78, 5) is 26.0. The highest BCUT2D eigenvalue weighted by molar-refractivity contribution is 5.95. The van der Waals surface area contributed by atoms with E-state index < -0.39 is 10.9 Å². The molecule has 0 bridgehead atoms. The van der Waals surface area contributed by atoms with E-state index in [1.165, 1.54) is 6.07 Å². The zero-order valence-corrected chi connectivity index (χ0v) is 12.0. The van der Waals surface area contributed by atoms with Crippen molar-refractivity contribution in [1.29, 1.82) is 0 Å². The zero-order valence-electron chi connectivity index (χ0n) is 12.0. The van der Waals surface area contributed by atoms with Crippen molar-refractivity contribution in [2.75, 3.05) is 37.6 Å². The van der Waals surface area contributed by atoms with Crippen LogP contribution in [-0.2, 0) is 0 Å². The van der Waals surface area contributed by atoms with E-state index >= 15 is 0 Å². The largest absolute Gasteiger partial charge is 0.477 e. The highest BCUT2D eigenvalue weighted by Gasteiger charge is 2.28. The van der Waals surface area contributed by atoms with E-state index in [0.717, 1.165) is 26.1 Å². The van der Waals surface area contributed by atoms with Crippen LogP contribution in [0.15, 0.2) is 18.2 Å². The summed E-state index contributed by atoms with van der Waals surface area (Å²) in [6.07, 6.45) is 1.08. The number of carboxylic acid groups (broad SMARTS) is 1. The predicted molar refractivity (Wildman–Crippen MR) is 79.0 cm³/mol. The van der Waals surface area contributed by atoms with Gasteiger partial charge in [0.25, 0.3) is 0 Å². The van der Waals surface area contributed by atoms with Gasteiger partial charge in [0.1, 0.15) is 11.3 Å². The maximum Gasteiger partial charge on any atom is 0.342 e. The number of hydrogen-bond donors (Lipinski definition) is 1. The molecule has 1 aliphatic rings. The van der Waals surface area contributed by atoms with Crippen molar-refractivity contribution in [2.24, 2.45) is 0 Å². The summed E-state index contributed by atoms with van der Waals surface area (Å²) in [5.41, 5.74) is -0.168. The van der Waals surface area contributed by atoms with E-state index in [4.69, 9.17) is 5.11 Å². The highest BCUT2D eigenvalue weighted by Crippen LogP contribution is 2.32. The first-order valence-electron chi connectivity index (χ1n) is 7.02. The van der Waals surface area contributed by atoms with E-state index in [1.807, 2.05) is 4.90 Å². The number of nitro groups is 1. The van der Waals surface area contributed by atoms with Crippen molar-refractivity contribution < 1.29 is 14.8 Å². The molecular weight excluding hydrogens is 274 g/mol. The molecule has 114 valence electrons. The fourth-order valence-corrected chi connectivity index (χ4v) is 2.68. The lowest BCUT2D eigenvalue weighted by molar-refractivity contribution is -0.384. The Balaban J connectivity index is 2.26. The Kier molecular flexibility index (Phi) is 4.74. The topological polar surface area (TPSA) is 86.9 Å². The molecule has 1 aliphatic heterocycles. The van der Waals surface area contributed by atoms with Crippen LogP contribution in [0.2, 0.25) is 0 Å². The van der Waals surface area contributed by atoms with Crippen LogP contribution in [-0.4, -0.2) is 53.6 Å². The molecule has 0 atom stereocenters. The molecule has 1 aromatic carbocycles. The van der Waals surface area contributed by atoms with Gasteiger partial charge in [0.05, 0.1) is 4.92 Å². The van der Waals surface area contributed by atoms with Gasteiger partial charge in [-0.2, -0.15) is 0 Å². The Morgan fingerprint density at radius 2 is 2.00 bits per heavy atom. The first kappa shape index (κ1) is 15.2. The minimum absolute atomic E-state index is 0.256. The van der Waals surface area contributed by atoms with Crippen LogP contribution in [0, 0.1) is 10.1 Å². The van der Waals surface area contributed by atoms with Crippen molar-refractivity contribution in [1.82, 2.24) is 4.90 Å². The van der Waals surface area contributed by atoms with Crippen LogP contribution in [0.3, 0.4) is 0 Å². The summed E-state index contributed by atoms with van der Waals surface area (Å²) in [5, 5.41) is 20.4. The maximum absolute atomic E-state index is 11.3. The number of nitrogens with zero attached hydrogens (tertiary/aromatic N) is 3. The standard InChI is InChI=1S/C14H19N3O4/c1-2-6-15-7-9-16(10-8-15)12-5-3-4-11(14(18)19)13(12)17(20)21/h3-5H,2,6-10H2,1H3,(H,18,19). The van der Waals surface area contributed by atoms with Crippen LogP contribution in [0.25, 0.3) is 0 Å². The van der Waals surface area contributed by atoms with Crippen LogP contribution >= 0.6 is 0 Å². The normalized spacial score (nSPS) is 16.0. The number of hydrogen-bond acceptors (Lipinski definition) is 5. The Morgan fingerprint density at radius 3 is 2.52 bits per heavy atom. The molecule has 1 N–H and O–H groups in total. The van der Waals surface area contributed by atoms with Gasteiger partial charge in [0, 0.05) is 26.2 Å². The van der Waals surface area contributed by atoms with Crippen LogP contribution in [0.5, 0.6) is 0 Å². The Hall–Kier alpha value is -2.15. The molecule has 0 spiro atoms. The molecule has 0 aliphatic carbocycles. The third kappa shape index (κ3) is 3.30. The molecule has 0 aromatic heterocycles. The Labute approximate surface area is 122 Å². The van der Waals surface area contributed by atoms with Gasteiger partial charge in [-0.25, -0.2) is 4.79 Å². The van der Waals surface area contributed by atoms with Crippen molar-refractivity contribution in [2.45, 2.75) is 13.3 Å². The SMILES string of the molecule is CCCN1CCN(c2cccc(C(=O)O)c2[N+](=O)[O-])CC1. The zero-order chi connectivity index (χ0) is 15.4. The van der Waals surface area contributed by atoms with Gasteiger partial charge in [-0.15, -0.1) is 0 Å². The lowest BCUT2D eigenvalue weighted by Gasteiger charge is -2.35. The fourth-order valence-electron chi connectivity index (χ4n) is 2.68. The minimum atomic E-state index is -1.27. The number of benzene rings is 1. The summed E-state index contributed by atoms with van der Waals surface area (Å²) in [6, 6.07) is 4.46. The van der Waals surface area contributed by atoms with E-state index in [-0.39, 0.29) is 11.3 Å². The molecule has 1 aromatic rings. The van der Waals surface area contributed by atoms with Gasteiger partial charge >= 0.3 is 11.7 Å². The number of aromatic carboxylic acids is 1. The second kappa shape index (κ2) is 6.53. The second-order valence-corrected chi connectivity index (χ2v) is 5.06. The van der Waals surface area contributed by atoms with Gasteiger partial charge in [0.2, 0.25) is 0 Å². The molecule has 21 heavy (non-hydrogen) atoms. The molecule has 7 nitrogen and oxygen atoms in total. The van der Waals surface area contributed by atoms with E-state index in [0.29, 0.717) is 18.8 Å². The summed E-state index contributed by atoms with van der Waals surface area (Å²) in [7, 11) is 0.